The Morgan fingerprint density at radius 2 is 2.36 bits per heavy atom. The molecular formula is C8H10O2S. The Labute approximate surface area is 70.0 Å². The zero-order chi connectivity index (χ0) is 8.27. The lowest BCUT2D eigenvalue weighted by Crippen LogP contribution is -1.92. The van der Waals surface area contributed by atoms with E-state index in [-0.39, 0.29) is 5.78 Å². The van der Waals surface area contributed by atoms with E-state index in [2.05, 4.69) is 0 Å². The SMILES string of the molecule is CCC(=O)c1ccc(SC)o1. The summed E-state index contributed by atoms with van der Waals surface area (Å²) in [4.78, 5) is 11.0. The lowest BCUT2D eigenvalue weighted by Gasteiger charge is -1.89. The smallest absolute Gasteiger partial charge is 0.197 e. The van der Waals surface area contributed by atoms with Gasteiger partial charge in [-0.2, -0.15) is 0 Å². The molecule has 0 aliphatic carbocycles. The molecule has 0 aliphatic heterocycles. The van der Waals surface area contributed by atoms with Crippen LogP contribution < -0.4 is 0 Å². The maximum absolute atomic E-state index is 11.0. The number of furan rings is 1. The molecule has 1 heterocycles. The highest BCUT2D eigenvalue weighted by Gasteiger charge is 2.07. The van der Waals surface area contributed by atoms with Gasteiger partial charge in [0.05, 0.1) is 0 Å². The van der Waals surface area contributed by atoms with Crippen molar-refractivity contribution in [1.82, 2.24) is 0 Å². The highest BCUT2D eigenvalue weighted by molar-refractivity contribution is 7.98. The van der Waals surface area contributed by atoms with E-state index >= 15 is 0 Å². The Morgan fingerprint density at radius 1 is 1.64 bits per heavy atom. The van der Waals surface area contributed by atoms with Crippen LogP contribution in [0.2, 0.25) is 0 Å². The van der Waals surface area contributed by atoms with Crippen LogP contribution in [0.1, 0.15) is 23.9 Å². The summed E-state index contributed by atoms with van der Waals surface area (Å²) >= 11 is 1.50. The van der Waals surface area contributed by atoms with Gasteiger partial charge in [0.25, 0.3) is 0 Å². The van der Waals surface area contributed by atoms with Crippen molar-refractivity contribution in [3.8, 4) is 0 Å². The number of carbonyl (C=O) groups is 1. The summed E-state index contributed by atoms with van der Waals surface area (Å²) in [6.45, 7) is 1.82. The molecule has 0 amide bonds. The molecule has 0 saturated heterocycles. The van der Waals surface area contributed by atoms with E-state index in [9.17, 15) is 4.79 Å². The van der Waals surface area contributed by atoms with Crippen LogP contribution in [-0.2, 0) is 0 Å². The Hall–Kier alpha value is -0.700. The maximum Gasteiger partial charge on any atom is 0.197 e. The van der Waals surface area contributed by atoms with E-state index in [1.807, 2.05) is 19.2 Å². The minimum absolute atomic E-state index is 0.0605. The summed E-state index contributed by atoms with van der Waals surface area (Å²) < 4.78 is 5.20. The molecule has 0 aliphatic rings. The van der Waals surface area contributed by atoms with Gasteiger partial charge in [0.1, 0.15) is 0 Å². The van der Waals surface area contributed by atoms with Crippen molar-refractivity contribution in [3.63, 3.8) is 0 Å². The molecule has 0 N–H and O–H groups in total. The first-order valence-corrected chi connectivity index (χ1v) is 4.67. The second-order valence-electron chi connectivity index (χ2n) is 2.10. The van der Waals surface area contributed by atoms with Crippen LogP contribution in [0.4, 0.5) is 0 Å². The molecule has 11 heavy (non-hydrogen) atoms. The summed E-state index contributed by atoms with van der Waals surface area (Å²) in [6.07, 6.45) is 2.42. The van der Waals surface area contributed by atoms with Crippen LogP contribution in [0.15, 0.2) is 21.6 Å². The third-order valence-electron chi connectivity index (χ3n) is 1.38. The highest BCUT2D eigenvalue weighted by Crippen LogP contribution is 2.18. The normalized spacial score (nSPS) is 10.0. The molecule has 1 aromatic rings. The van der Waals surface area contributed by atoms with E-state index in [1.165, 1.54) is 11.8 Å². The zero-order valence-electron chi connectivity index (χ0n) is 6.59. The van der Waals surface area contributed by atoms with E-state index in [1.54, 1.807) is 6.07 Å². The largest absolute Gasteiger partial charge is 0.447 e. The predicted octanol–water partition coefficient (Wildman–Crippen LogP) is 2.59. The minimum atomic E-state index is 0.0605. The lowest BCUT2D eigenvalue weighted by molar-refractivity contribution is 0.0956. The van der Waals surface area contributed by atoms with Gasteiger partial charge in [-0.1, -0.05) is 18.7 Å². The van der Waals surface area contributed by atoms with Gasteiger partial charge in [-0.3, -0.25) is 4.79 Å². The fraction of sp³-hybridized carbons (Fsp3) is 0.375. The fourth-order valence-electron chi connectivity index (χ4n) is 0.754. The molecule has 0 saturated carbocycles. The van der Waals surface area contributed by atoms with Gasteiger partial charge in [0.15, 0.2) is 16.6 Å². The van der Waals surface area contributed by atoms with Gasteiger partial charge in [-0.25, -0.2) is 0 Å². The molecule has 0 atom stereocenters. The number of hydrogen-bond donors (Lipinski definition) is 0. The van der Waals surface area contributed by atoms with Crippen molar-refractivity contribution in [2.75, 3.05) is 6.26 Å². The topological polar surface area (TPSA) is 30.2 Å². The van der Waals surface area contributed by atoms with Crippen molar-refractivity contribution in [2.24, 2.45) is 0 Å². The van der Waals surface area contributed by atoms with Gasteiger partial charge in [0.2, 0.25) is 0 Å². The number of rotatable bonds is 3. The molecule has 0 spiro atoms. The Morgan fingerprint density at radius 3 is 2.82 bits per heavy atom. The molecule has 0 aromatic carbocycles. The van der Waals surface area contributed by atoms with Gasteiger partial charge < -0.3 is 4.42 Å². The summed E-state index contributed by atoms with van der Waals surface area (Å²) in [5.74, 6) is 0.530. The first kappa shape index (κ1) is 8.40. The van der Waals surface area contributed by atoms with Crippen LogP contribution >= 0.6 is 11.8 Å². The Bertz CT molecular complexity index is 252. The molecule has 0 radical (unpaired) electrons. The second kappa shape index (κ2) is 3.62. The summed E-state index contributed by atoms with van der Waals surface area (Å²) in [5, 5.41) is 0.793. The van der Waals surface area contributed by atoms with E-state index < -0.39 is 0 Å². The number of carbonyl (C=O) groups excluding carboxylic acids is 1. The quantitative estimate of drug-likeness (QED) is 0.516. The highest BCUT2D eigenvalue weighted by atomic mass is 32.2. The standard InChI is InChI=1S/C8H10O2S/c1-3-6(9)7-4-5-8(10-7)11-2/h4-5H,3H2,1-2H3. The van der Waals surface area contributed by atoms with E-state index in [4.69, 9.17) is 4.42 Å². The van der Waals surface area contributed by atoms with Crippen LogP contribution in [0, 0.1) is 0 Å². The van der Waals surface area contributed by atoms with Crippen LogP contribution in [0.3, 0.4) is 0 Å². The van der Waals surface area contributed by atoms with Crippen molar-refractivity contribution >= 4 is 17.5 Å². The van der Waals surface area contributed by atoms with E-state index in [0.717, 1.165) is 5.09 Å². The summed E-state index contributed by atoms with van der Waals surface area (Å²) in [7, 11) is 0. The van der Waals surface area contributed by atoms with E-state index in [0.29, 0.717) is 12.2 Å². The van der Waals surface area contributed by atoms with Crippen LogP contribution in [-0.4, -0.2) is 12.0 Å². The number of Topliss-reactive ketones (excluding diaryl/α,β-unsaturated/α-hetero) is 1. The Kier molecular flexibility index (Phi) is 2.76. The van der Waals surface area contributed by atoms with Crippen molar-refractivity contribution in [3.05, 3.63) is 17.9 Å². The predicted molar refractivity (Wildman–Crippen MR) is 45.1 cm³/mol. The van der Waals surface area contributed by atoms with Gasteiger partial charge in [0, 0.05) is 6.42 Å². The number of hydrogen-bond acceptors (Lipinski definition) is 3. The lowest BCUT2D eigenvalue weighted by atomic mass is 10.2. The molecule has 1 rings (SSSR count). The average Bonchev–Trinajstić information content (AvgIpc) is 2.50. The number of thioether (sulfide) groups is 1. The average molecular weight is 170 g/mol. The molecule has 3 heteroatoms. The molecule has 2 nitrogen and oxygen atoms in total. The first-order chi connectivity index (χ1) is 5.27. The summed E-state index contributed by atoms with van der Waals surface area (Å²) in [5.41, 5.74) is 0. The minimum Gasteiger partial charge on any atom is -0.447 e. The molecular weight excluding hydrogens is 160 g/mol. The van der Waals surface area contributed by atoms with Crippen LogP contribution in [0.5, 0.6) is 0 Å². The molecule has 0 unspecified atom stereocenters. The van der Waals surface area contributed by atoms with Gasteiger partial charge in [-0.05, 0) is 18.4 Å². The summed E-state index contributed by atoms with van der Waals surface area (Å²) in [6, 6.07) is 3.53. The third-order valence-corrected chi connectivity index (χ3v) is 2.00. The van der Waals surface area contributed by atoms with Gasteiger partial charge in [-0.15, -0.1) is 0 Å². The second-order valence-corrected chi connectivity index (χ2v) is 2.91. The molecule has 0 fully saturated rings. The van der Waals surface area contributed by atoms with Crippen molar-refractivity contribution in [2.45, 2.75) is 18.4 Å². The monoisotopic (exact) mass is 170 g/mol. The van der Waals surface area contributed by atoms with Gasteiger partial charge >= 0.3 is 0 Å². The Balaban J connectivity index is 2.80. The van der Waals surface area contributed by atoms with Crippen LogP contribution in [0.25, 0.3) is 0 Å². The third kappa shape index (κ3) is 1.87. The van der Waals surface area contributed by atoms with Crippen molar-refractivity contribution in [1.29, 1.82) is 0 Å². The number of ketones is 1. The maximum atomic E-state index is 11.0. The molecule has 60 valence electrons. The zero-order valence-corrected chi connectivity index (χ0v) is 7.40. The molecule has 0 bridgehead atoms. The first-order valence-electron chi connectivity index (χ1n) is 3.45. The fourth-order valence-corrected chi connectivity index (χ4v) is 1.13. The molecule has 1 aromatic heterocycles. The van der Waals surface area contributed by atoms with Crippen molar-refractivity contribution < 1.29 is 9.21 Å².